The average molecular weight is 1070 g/mol. The minimum absolute atomic E-state index is 0.632. The average Bonchev–Trinajstić information content (AvgIpc) is 4.25. The maximum atomic E-state index is 6.01. The molecule has 0 atom stereocenters. The van der Waals surface area contributed by atoms with Crippen LogP contribution < -0.4 is 9.80 Å². The number of hydrogen-bond donors (Lipinski definition) is 0. The number of hydrogen-bond acceptors (Lipinski definition) is 6. The Morgan fingerprint density at radius 2 is 0.720 bits per heavy atom. The first-order valence-corrected chi connectivity index (χ1v) is 28.5. The molecule has 0 aliphatic carbocycles. The summed E-state index contributed by atoms with van der Waals surface area (Å²) in [6.45, 7) is 2.14. The van der Waals surface area contributed by atoms with Crippen LogP contribution in [0.15, 0.2) is 302 Å². The van der Waals surface area contributed by atoms with Crippen molar-refractivity contribution < 1.29 is 4.42 Å². The second kappa shape index (κ2) is 22.0. The maximum Gasteiger partial charge on any atom is 0.227 e. The van der Waals surface area contributed by atoms with Gasteiger partial charge in [0.1, 0.15) is 10.5 Å². The van der Waals surface area contributed by atoms with Crippen LogP contribution in [0.25, 0.3) is 87.8 Å². The van der Waals surface area contributed by atoms with Crippen LogP contribution in [0.3, 0.4) is 0 Å². The van der Waals surface area contributed by atoms with E-state index < -0.39 is 0 Å². The molecule has 0 amide bonds. The lowest BCUT2D eigenvalue weighted by molar-refractivity contribution is 0.620. The number of aryl methyl sites for hydroxylation is 1. The number of anilines is 6. The number of benzene rings is 12. The molecule has 82 heavy (non-hydrogen) atoms. The topological polar surface area (TPSA) is 45.4 Å². The third-order valence-electron chi connectivity index (χ3n) is 15.3. The van der Waals surface area contributed by atoms with Gasteiger partial charge in [0.2, 0.25) is 5.89 Å². The number of nitrogens with zero attached hydrogens (tertiary/aromatic N) is 4. The molecule has 0 aliphatic rings. The van der Waals surface area contributed by atoms with Crippen LogP contribution in [-0.4, -0.2) is 9.97 Å². The fourth-order valence-corrected chi connectivity index (χ4v) is 11.9. The smallest absolute Gasteiger partial charge is 0.227 e. The molecule has 0 saturated carbocycles. The normalized spacial score (nSPS) is 11.3. The maximum absolute atomic E-state index is 6.01. The predicted octanol–water partition coefficient (Wildman–Crippen LogP) is 21.3. The lowest BCUT2D eigenvalue weighted by Crippen LogP contribution is -2.10. The van der Waals surface area contributed by atoms with E-state index in [4.69, 9.17) is 9.40 Å². The molecular weight excluding hydrogens is 1020 g/mol. The molecule has 14 rings (SSSR count). The van der Waals surface area contributed by atoms with Gasteiger partial charge in [0.05, 0.1) is 10.2 Å². The highest BCUT2D eigenvalue weighted by atomic mass is 32.1. The summed E-state index contributed by atoms with van der Waals surface area (Å²) < 4.78 is 7.22. The van der Waals surface area contributed by atoms with Crippen molar-refractivity contribution in [1.29, 1.82) is 0 Å². The minimum Gasteiger partial charge on any atom is -0.436 e. The molecule has 0 radical (unpaired) electrons. The third-order valence-corrected chi connectivity index (χ3v) is 16.4. The molecule has 0 bridgehead atoms. The van der Waals surface area contributed by atoms with Crippen LogP contribution in [0.2, 0.25) is 0 Å². The molecule has 0 spiro atoms. The van der Waals surface area contributed by atoms with Crippen molar-refractivity contribution in [3.8, 4) is 66.5 Å². The molecule has 12 aromatic carbocycles. The summed E-state index contributed by atoms with van der Waals surface area (Å²) in [4.78, 5) is 14.2. The fourth-order valence-electron chi connectivity index (χ4n) is 10.9. The second-order valence-corrected chi connectivity index (χ2v) is 21.8. The predicted molar refractivity (Wildman–Crippen MR) is 343 cm³/mol. The summed E-state index contributed by atoms with van der Waals surface area (Å²) in [5.41, 5.74) is 24.5. The van der Waals surface area contributed by atoms with E-state index in [2.05, 4.69) is 289 Å². The number of aromatic nitrogens is 2. The number of fused-ring (bicyclic) bond motifs is 2. The fraction of sp³-hybridized carbons (Fsp3) is 0.0263. The molecule has 0 saturated heterocycles. The van der Waals surface area contributed by atoms with Gasteiger partial charge in [-0.05, 0) is 178 Å². The van der Waals surface area contributed by atoms with Crippen LogP contribution in [0, 0.1) is 6.92 Å². The van der Waals surface area contributed by atoms with Crippen molar-refractivity contribution in [2.45, 2.75) is 13.3 Å². The molecule has 390 valence electrons. The minimum atomic E-state index is 0.632. The summed E-state index contributed by atoms with van der Waals surface area (Å²) in [6.07, 6.45) is 0.793. The van der Waals surface area contributed by atoms with Crippen molar-refractivity contribution in [3.63, 3.8) is 0 Å². The Morgan fingerprint density at radius 3 is 1.24 bits per heavy atom. The summed E-state index contributed by atoms with van der Waals surface area (Å²) in [7, 11) is 0. The first-order valence-electron chi connectivity index (χ1n) is 27.7. The molecule has 6 heteroatoms. The summed E-state index contributed by atoms with van der Waals surface area (Å²) in [6, 6.07) is 106. The molecule has 0 unspecified atom stereocenters. The van der Waals surface area contributed by atoms with Gasteiger partial charge in [-0.2, -0.15) is 0 Å². The zero-order valence-electron chi connectivity index (χ0n) is 45.1. The lowest BCUT2D eigenvalue weighted by Gasteiger charge is -2.26. The van der Waals surface area contributed by atoms with E-state index in [1.807, 2.05) is 30.3 Å². The lowest BCUT2D eigenvalue weighted by atomic mass is 9.99. The Balaban J connectivity index is 0.665. The molecule has 5 nitrogen and oxygen atoms in total. The van der Waals surface area contributed by atoms with Crippen molar-refractivity contribution in [1.82, 2.24) is 9.97 Å². The van der Waals surface area contributed by atoms with Gasteiger partial charge in [0.15, 0.2) is 5.58 Å². The van der Waals surface area contributed by atoms with Gasteiger partial charge < -0.3 is 14.2 Å². The van der Waals surface area contributed by atoms with Gasteiger partial charge >= 0.3 is 0 Å². The van der Waals surface area contributed by atoms with E-state index in [0.717, 1.165) is 95.5 Å². The van der Waals surface area contributed by atoms with E-state index in [0.29, 0.717) is 5.89 Å². The monoisotopic (exact) mass is 1070 g/mol. The second-order valence-electron chi connectivity index (χ2n) is 20.7. The van der Waals surface area contributed by atoms with Crippen LogP contribution >= 0.6 is 11.3 Å². The SMILES string of the molecule is Cc1ccc(N(c2ccc(Cc3cccc(N(c4ccccc4)c4ccc(-c5ccc(-c6ccc(-c7nc8ccccc8o7)cc6)cc5)cc4)c3)cc2)c2ccc(-c3ccc(-c4ccc(-c5nc6ccccc6s5)cc4)cc3)cc2)cc1. The highest BCUT2D eigenvalue weighted by Crippen LogP contribution is 2.40. The number of para-hydroxylation sites is 4. The molecule has 0 aliphatic heterocycles. The quantitative estimate of drug-likeness (QED) is 0.109. The highest BCUT2D eigenvalue weighted by molar-refractivity contribution is 7.21. The van der Waals surface area contributed by atoms with Gasteiger partial charge in [-0.3, -0.25) is 0 Å². The number of rotatable bonds is 14. The van der Waals surface area contributed by atoms with Crippen molar-refractivity contribution in [2.24, 2.45) is 0 Å². The first-order chi connectivity index (χ1) is 40.5. The van der Waals surface area contributed by atoms with Crippen molar-refractivity contribution >= 4 is 66.8 Å². The van der Waals surface area contributed by atoms with Gasteiger partial charge in [0, 0.05) is 45.3 Å². The number of thiazole rings is 1. The van der Waals surface area contributed by atoms with E-state index in [1.54, 1.807) is 11.3 Å². The molecule has 14 aromatic rings. The summed E-state index contributed by atoms with van der Waals surface area (Å²) in [5.74, 6) is 0.632. The molecule has 0 N–H and O–H groups in total. The zero-order valence-corrected chi connectivity index (χ0v) is 45.9. The Kier molecular flexibility index (Phi) is 13.4. The van der Waals surface area contributed by atoms with E-state index in [-0.39, 0.29) is 0 Å². The van der Waals surface area contributed by atoms with Crippen LogP contribution in [0.4, 0.5) is 34.1 Å². The van der Waals surface area contributed by atoms with Gasteiger partial charge in [0.25, 0.3) is 0 Å². The van der Waals surface area contributed by atoms with Crippen LogP contribution in [0.5, 0.6) is 0 Å². The Hall–Kier alpha value is -10.4. The summed E-state index contributed by atoms with van der Waals surface area (Å²) >= 11 is 1.73. The Morgan fingerprint density at radius 1 is 0.317 bits per heavy atom. The van der Waals surface area contributed by atoms with Crippen molar-refractivity contribution in [2.75, 3.05) is 9.80 Å². The Bertz CT molecular complexity index is 4410. The Labute approximate surface area is 482 Å². The largest absolute Gasteiger partial charge is 0.436 e. The third kappa shape index (κ3) is 10.4. The first kappa shape index (κ1) is 49.9. The van der Waals surface area contributed by atoms with E-state index in [9.17, 15) is 0 Å². The van der Waals surface area contributed by atoms with E-state index in [1.165, 1.54) is 43.6 Å². The van der Waals surface area contributed by atoms with Gasteiger partial charge in [-0.15, -0.1) is 11.3 Å². The van der Waals surface area contributed by atoms with Gasteiger partial charge in [-0.25, -0.2) is 9.97 Å². The van der Waals surface area contributed by atoms with Crippen molar-refractivity contribution in [3.05, 3.63) is 314 Å². The van der Waals surface area contributed by atoms with Crippen LogP contribution in [0.1, 0.15) is 16.7 Å². The zero-order chi connectivity index (χ0) is 54.8. The summed E-state index contributed by atoms with van der Waals surface area (Å²) in [5, 5.41) is 1.05. The molecule has 2 aromatic heterocycles. The molecule has 2 heterocycles. The molecule has 0 fully saturated rings. The van der Waals surface area contributed by atoms with Gasteiger partial charge in [-0.1, -0.05) is 194 Å². The highest BCUT2D eigenvalue weighted by Gasteiger charge is 2.17. The number of oxazole rings is 1. The standard InChI is InChI=1S/C76H54N4OS/c1-52-18-42-66(43-19-52)79(68-46-38-61(39-47-68)57-28-24-56(25-29-57)60-32-36-64(37-33-60)76-78-72-15-6-8-17-74(72)82-76)67-44-20-53(21-45-67)50-54-10-9-13-70(51-54)80(65-11-3-2-4-12-65)69-48-40-62(41-49-69)58-26-22-55(23-27-58)59-30-34-63(35-31-59)75-77-71-14-5-7-16-73(71)81-75/h2-49,51H,50H2,1H3. The molecular formula is C76H54N4OS. The van der Waals surface area contributed by atoms with Crippen LogP contribution in [-0.2, 0) is 6.42 Å². The van der Waals surface area contributed by atoms with E-state index >= 15 is 0 Å².